The van der Waals surface area contributed by atoms with Gasteiger partial charge in [-0.25, -0.2) is 8.98 Å². The predicted octanol–water partition coefficient (Wildman–Crippen LogP) is 0.169. The lowest BCUT2D eigenvalue weighted by molar-refractivity contribution is -0.150. The molecule has 72 valence electrons. The standard InChI is InChI=1S/C5H9FO5S/c1-3-10-5(7)4(2)11-12(6,8)9/h4H,3H2,1-2H3/t4-/m0/s1. The van der Waals surface area contributed by atoms with E-state index in [0.717, 1.165) is 6.92 Å². The average Bonchev–Trinajstić information content (AvgIpc) is 1.84. The summed E-state index contributed by atoms with van der Waals surface area (Å²) in [7, 11) is -5.09. The van der Waals surface area contributed by atoms with Crippen LogP contribution >= 0.6 is 0 Å². The molecule has 0 unspecified atom stereocenters. The summed E-state index contributed by atoms with van der Waals surface area (Å²) in [5.41, 5.74) is 0. The molecule has 1 atom stereocenters. The van der Waals surface area contributed by atoms with Crippen molar-refractivity contribution in [1.29, 1.82) is 0 Å². The summed E-state index contributed by atoms with van der Waals surface area (Å²) in [6.45, 7) is 2.70. The third kappa shape index (κ3) is 5.03. The molecule has 12 heavy (non-hydrogen) atoms. The van der Waals surface area contributed by atoms with Gasteiger partial charge in [0.15, 0.2) is 6.10 Å². The summed E-state index contributed by atoms with van der Waals surface area (Å²) in [6.07, 6.45) is -1.44. The Morgan fingerprint density at radius 1 is 1.58 bits per heavy atom. The van der Waals surface area contributed by atoms with Gasteiger partial charge < -0.3 is 4.74 Å². The van der Waals surface area contributed by atoms with Crippen LogP contribution in [0.4, 0.5) is 3.89 Å². The summed E-state index contributed by atoms with van der Waals surface area (Å²) in [5.74, 6) is -0.918. The van der Waals surface area contributed by atoms with Gasteiger partial charge in [0.2, 0.25) is 0 Å². The quantitative estimate of drug-likeness (QED) is 0.478. The third-order valence-electron chi connectivity index (χ3n) is 0.878. The maximum absolute atomic E-state index is 11.8. The highest BCUT2D eigenvalue weighted by atomic mass is 32.3. The van der Waals surface area contributed by atoms with Gasteiger partial charge in [-0.15, -0.1) is 0 Å². The highest BCUT2D eigenvalue weighted by molar-refractivity contribution is 7.81. The van der Waals surface area contributed by atoms with E-state index in [0.29, 0.717) is 0 Å². The molecule has 0 heterocycles. The van der Waals surface area contributed by atoms with Crippen LogP contribution in [-0.2, 0) is 24.2 Å². The molecule has 0 fully saturated rings. The summed E-state index contributed by atoms with van der Waals surface area (Å²) in [4.78, 5) is 10.6. The number of carbonyl (C=O) groups is 1. The van der Waals surface area contributed by atoms with E-state index in [1.54, 1.807) is 0 Å². The molecule has 0 saturated heterocycles. The minimum Gasteiger partial charge on any atom is -0.464 e. The summed E-state index contributed by atoms with van der Waals surface area (Å²) >= 11 is 0. The van der Waals surface area contributed by atoms with Crippen molar-refractivity contribution in [1.82, 2.24) is 0 Å². The molecule has 0 amide bonds. The van der Waals surface area contributed by atoms with E-state index in [1.165, 1.54) is 6.92 Å². The second kappa shape index (κ2) is 4.36. The van der Waals surface area contributed by atoms with Crippen molar-refractivity contribution in [3.8, 4) is 0 Å². The lowest BCUT2D eigenvalue weighted by Crippen LogP contribution is -2.24. The van der Waals surface area contributed by atoms with Crippen molar-refractivity contribution in [2.24, 2.45) is 0 Å². The summed E-state index contributed by atoms with van der Waals surface area (Å²) < 4.78 is 39.5. The minimum atomic E-state index is -5.09. The highest BCUT2D eigenvalue weighted by Gasteiger charge is 2.21. The fourth-order valence-corrected chi connectivity index (χ4v) is 0.895. The molecule has 0 aromatic rings. The first-order valence-corrected chi connectivity index (χ1v) is 4.47. The molecule has 7 heteroatoms. The molecule has 0 aliphatic rings. The van der Waals surface area contributed by atoms with Gasteiger partial charge in [-0.1, -0.05) is 3.89 Å². The molecule has 0 aliphatic heterocycles. The number of halogens is 1. The molecular formula is C5H9FO5S. The molecule has 0 radical (unpaired) electrons. The highest BCUT2D eigenvalue weighted by Crippen LogP contribution is 2.02. The molecule has 0 aromatic carbocycles. The van der Waals surface area contributed by atoms with E-state index in [1.807, 2.05) is 0 Å². The molecule has 0 saturated carbocycles. The predicted molar refractivity (Wildman–Crippen MR) is 37.2 cm³/mol. The van der Waals surface area contributed by atoms with Gasteiger partial charge in [0.1, 0.15) is 0 Å². The maximum Gasteiger partial charge on any atom is 0.438 e. The van der Waals surface area contributed by atoms with Crippen LogP contribution in [-0.4, -0.2) is 27.1 Å². The molecule has 0 bridgehead atoms. The Balaban J connectivity index is 4.05. The zero-order chi connectivity index (χ0) is 9.78. The molecule has 5 nitrogen and oxygen atoms in total. The number of hydrogen-bond acceptors (Lipinski definition) is 5. The third-order valence-corrected chi connectivity index (χ3v) is 1.40. The second-order valence-corrected chi connectivity index (χ2v) is 2.86. The molecule has 0 aromatic heterocycles. The Kier molecular flexibility index (Phi) is 4.11. The van der Waals surface area contributed by atoms with Gasteiger partial charge in [0.05, 0.1) is 6.61 Å². The summed E-state index contributed by atoms with van der Waals surface area (Å²) in [5, 5.41) is 0. The summed E-state index contributed by atoms with van der Waals surface area (Å²) in [6, 6.07) is 0. The largest absolute Gasteiger partial charge is 0.464 e. The maximum atomic E-state index is 11.8. The van der Waals surface area contributed by atoms with Crippen molar-refractivity contribution >= 4 is 16.5 Å². The van der Waals surface area contributed by atoms with Crippen LogP contribution in [0, 0.1) is 0 Å². The average molecular weight is 200 g/mol. The Morgan fingerprint density at radius 2 is 2.08 bits per heavy atom. The van der Waals surface area contributed by atoms with Gasteiger partial charge in [-0.2, -0.15) is 8.42 Å². The number of hydrogen-bond donors (Lipinski definition) is 0. The SMILES string of the molecule is CCOC(=O)[C@H](C)OS(=O)(=O)F. The lowest BCUT2D eigenvalue weighted by atomic mass is 10.4. The van der Waals surface area contributed by atoms with Gasteiger partial charge in [-0.05, 0) is 13.8 Å². The van der Waals surface area contributed by atoms with Crippen LogP contribution < -0.4 is 0 Å². The van der Waals surface area contributed by atoms with E-state index < -0.39 is 22.6 Å². The van der Waals surface area contributed by atoms with E-state index in [9.17, 15) is 17.1 Å². The van der Waals surface area contributed by atoms with Gasteiger partial charge in [-0.3, -0.25) is 0 Å². The zero-order valence-electron chi connectivity index (χ0n) is 6.61. The van der Waals surface area contributed by atoms with Crippen LogP contribution in [0.25, 0.3) is 0 Å². The molecule has 0 spiro atoms. The van der Waals surface area contributed by atoms with Crippen LogP contribution in [0.3, 0.4) is 0 Å². The normalized spacial score (nSPS) is 13.9. The molecular weight excluding hydrogens is 191 g/mol. The Hall–Kier alpha value is -0.690. The lowest BCUT2D eigenvalue weighted by Gasteiger charge is -2.07. The number of ether oxygens (including phenoxy) is 1. The number of esters is 1. The Morgan fingerprint density at radius 3 is 2.42 bits per heavy atom. The smallest absolute Gasteiger partial charge is 0.438 e. The first kappa shape index (κ1) is 11.3. The van der Waals surface area contributed by atoms with Crippen molar-refractivity contribution in [2.45, 2.75) is 20.0 Å². The van der Waals surface area contributed by atoms with E-state index in [2.05, 4.69) is 8.92 Å². The zero-order valence-corrected chi connectivity index (χ0v) is 7.43. The molecule has 0 aliphatic carbocycles. The fraction of sp³-hybridized carbons (Fsp3) is 0.800. The monoisotopic (exact) mass is 200 g/mol. The minimum absolute atomic E-state index is 0.0822. The van der Waals surface area contributed by atoms with E-state index in [-0.39, 0.29) is 6.61 Å². The van der Waals surface area contributed by atoms with Crippen molar-refractivity contribution in [3.05, 3.63) is 0 Å². The topological polar surface area (TPSA) is 69.7 Å². The Labute approximate surface area is 69.9 Å². The van der Waals surface area contributed by atoms with Gasteiger partial charge >= 0.3 is 16.5 Å². The van der Waals surface area contributed by atoms with Crippen LogP contribution in [0.15, 0.2) is 0 Å². The molecule has 0 rings (SSSR count). The van der Waals surface area contributed by atoms with Crippen molar-refractivity contribution in [2.75, 3.05) is 6.61 Å². The number of rotatable bonds is 4. The molecule has 0 N–H and O–H groups in total. The fourth-order valence-electron chi connectivity index (χ4n) is 0.471. The first-order valence-electron chi connectivity index (χ1n) is 3.16. The second-order valence-electron chi connectivity index (χ2n) is 1.88. The van der Waals surface area contributed by atoms with Crippen molar-refractivity contribution in [3.63, 3.8) is 0 Å². The van der Waals surface area contributed by atoms with Crippen LogP contribution in [0.5, 0.6) is 0 Å². The van der Waals surface area contributed by atoms with E-state index in [4.69, 9.17) is 0 Å². The van der Waals surface area contributed by atoms with Gasteiger partial charge in [0, 0.05) is 0 Å². The van der Waals surface area contributed by atoms with Gasteiger partial charge in [0.25, 0.3) is 0 Å². The first-order chi connectivity index (χ1) is 5.37. The van der Waals surface area contributed by atoms with Crippen molar-refractivity contribution < 1.29 is 26.0 Å². The number of carbonyl (C=O) groups excluding carboxylic acids is 1. The Bertz CT molecular complexity index is 247. The van der Waals surface area contributed by atoms with Crippen LogP contribution in [0.1, 0.15) is 13.8 Å². The van der Waals surface area contributed by atoms with Crippen LogP contribution in [0.2, 0.25) is 0 Å². The van der Waals surface area contributed by atoms with E-state index >= 15 is 0 Å².